The first-order valence-corrected chi connectivity index (χ1v) is 10.3. The van der Waals surface area contributed by atoms with Gasteiger partial charge in [0.15, 0.2) is 11.5 Å². The number of hydrogen-bond acceptors (Lipinski definition) is 8. The molecular weight excluding hydrogens is 380 g/mol. The standard InChI is InChI=1S/C22H26N6O2/c1-13-24-11-14-5-7-22(19(14)25-13)6-4-8-28(12-22)21-26-16-10-18(30-3)17(29-2)9-15(16)20(23)27-21/h9-11H,4-8,12H2,1-3H3,(H2,23,26,27). The van der Waals surface area contributed by atoms with Gasteiger partial charge in [0, 0.05) is 36.2 Å². The minimum absolute atomic E-state index is 0.0337. The van der Waals surface area contributed by atoms with Crippen LogP contribution in [0.1, 0.15) is 36.3 Å². The number of benzene rings is 1. The normalized spacial score (nSPS) is 20.6. The largest absolute Gasteiger partial charge is 0.493 e. The number of methoxy groups -OCH3 is 2. The summed E-state index contributed by atoms with van der Waals surface area (Å²) in [5.41, 5.74) is 9.59. The highest BCUT2D eigenvalue weighted by atomic mass is 16.5. The molecule has 1 fully saturated rings. The zero-order valence-corrected chi connectivity index (χ0v) is 17.6. The number of nitrogen functional groups attached to an aromatic ring is 1. The number of anilines is 2. The van der Waals surface area contributed by atoms with Gasteiger partial charge in [-0.1, -0.05) is 0 Å². The molecule has 0 bridgehead atoms. The fraction of sp³-hybridized carbons (Fsp3) is 0.455. The summed E-state index contributed by atoms with van der Waals surface area (Å²) in [6, 6.07) is 3.69. The number of nitrogens with two attached hydrogens (primary N) is 1. The fourth-order valence-electron chi connectivity index (χ4n) is 4.94. The molecule has 8 nitrogen and oxygen atoms in total. The molecule has 1 aliphatic carbocycles. The van der Waals surface area contributed by atoms with Gasteiger partial charge in [-0.15, -0.1) is 0 Å². The fourth-order valence-corrected chi connectivity index (χ4v) is 4.94. The van der Waals surface area contributed by atoms with Crippen LogP contribution in [0.5, 0.6) is 11.5 Å². The topological polar surface area (TPSA) is 99.3 Å². The van der Waals surface area contributed by atoms with Crippen molar-refractivity contribution in [3.63, 3.8) is 0 Å². The number of aryl methyl sites for hydroxylation is 2. The van der Waals surface area contributed by atoms with Crippen LogP contribution >= 0.6 is 0 Å². The molecule has 2 aromatic heterocycles. The maximum absolute atomic E-state index is 6.33. The molecule has 30 heavy (non-hydrogen) atoms. The minimum atomic E-state index is 0.0337. The van der Waals surface area contributed by atoms with Gasteiger partial charge in [0.25, 0.3) is 0 Å². The molecule has 2 N–H and O–H groups in total. The third-order valence-electron chi connectivity index (χ3n) is 6.44. The van der Waals surface area contributed by atoms with Gasteiger partial charge in [0.2, 0.25) is 5.95 Å². The number of piperidine rings is 1. The van der Waals surface area contributed by atoms with Crippen LogP contribution in [0.4, 0.5) is 11.8 Å². The minimum Gasteiger partial charge on any atom is -0.493 e. The van der Waals surface area contributed by atoms with Gasteiger partial charge in [0.05, 0.1) is 25.4 Å². The molecule has 156 valence electrons. The van der Waals surface area contributed by atoms with Crippen molar-refractivity contribution in [2.24, 2.45) is 0 Å². The summed E-state index contributed by atoms with van der Waals surface area (Å²) in [5, 5.41) is 0.762. The van der Waals surface area contributed by atoms with E-state index in [9.17, 15) is 0 Å². The number of ether oxygens (including phenoxy) is 2. The van der Waals surface area contributed by atoms with E-state index >= 15 is 0 Å². The lowest BCUT2D eigenvalue weighted by molar-refractivity contribution is 0.331. The van der Waals surface area contributed by atoms with E-state index in [4.69, 9.17) is 25.2 Å². The Morgan fingerprint density at radius 3 is 2.67 bits per heavy atom. The Balaban J connectivity index is 1.54. The van der Waals surface area contributed by atoms with Crippen LogP contribution in [-0.2, 0) is 11.8 Å². The van der Waals surface area contributed by atoms with E-state index < -0.39 is 0 Å². The first-order valence-electron chi connectivity index (χ1n) is 10.3. The number of rotatable bonds is 3. The van der Waals surface area contributed by atoms with E-state index in [1.54, 1.807) is 14.2 Å². The molecule has 0 saturated carbocycles. The second kappa shape index (κ2) is 6.97. The van der Waals surface area contributed by atoms with Crippen LogP contribution < -0.4 is 20.1 Å². The van der Waals surface area contributed by atoms with E-state index in [0.717, 1.165) is 55.5 Å². The van der Waals surface area contributed by atoms with Crippen LogP contribution in [0.2, 0.25) is 0 Å². The monoisotopic (exact) mass is 406 g/mol. The van der Waals surface area contributed by atoms with Crippen molar-refractivity contribution < 1.29 is 9.47 Å². The quantitative estimate of drug-likeness (QED) is 0.709. The summed E-state index contributed by atoms with van der Waals surface area (Å²) in [7, 11) is 3.22. The Morgan fingerprint density at radius 1 is 1.07 bits per heavy atom. The third kappa shape index (κ3) is 2.89. The Bertz CT molecular complexity index is 1130. The van der Waals surface area contributed by atoms with E-state index in [2.05, 4.69) is 14.9 Å². The van der Waals surface area contributed by atoms with Crippen LogP contribution in [-0.4, -0.2) is 47.2 Å². The van der Waals surface area contributed by atoms with Crippen molar-refractivity contribution in [2.45, 2.75) is 38.0 Å². The first kappa shape index (κ1) is 18.8. The Labute approximate surface area is 175 Å². The van der Waals surface area contributed by atoms with Gasteiger partial charge >= 0.3 is 0 Å². The molecule has 2 aliphatic rings. The Kier molecular flexibility index (Phi) is 4.38. The maximum Gasteiger partial charge on any atom is 0.227 e. The molecule has 1 unspecified atom stereocenters. The number of aromatic nitrogens is 4. The van der Waals surface area contributed by atoms with Crippen LogP contribution in [0.15, 0.2) is 18.3 Å². The van der Waals surface area contributed by atoms with Crippen molar-refractivity contribution >= 4 is 22.7 Å². The van der Waals surface area contributed by atoms with Gasteiger partial charge in [0.1, 0.15) is 11.6 Å². The molecule has 8 heteroatoms. The van der Waals surface area contributed by atoms with Crippen molar-refractivity contribution in [1.82, 2.24) is 19.9 Å². The highest BCUT2D eigenvalue weighted by molar-refractivity contribution is 5.91. The first-order chi connectivity index (χ1) is 14.5. The average molecular weight is 406 g/mol. The molecule has 0 amide bonds. The maximum atomic E-state index is 6.33. The predicted octanol–water partition coefficient (Wildman–Crippen LogP) is 2.81. The third-order valence-corrected chi connectivity index (χ3v) is 6.44. The molecule has 0 radical (unpaired) electrons. The molecule has 1 aliphatic heterocycles. The molecular formula is C22H26N6O2. The van der Waals surface area contributed by atoms with Crippen molar-refractivity contribution in [3.05, 3.63) is 35.4 Å². The number of hydrogen-bond donors (Lipinski definition) is 1. The van der Waals surface area contributed by atoms with Gasteiger partial charge in [-0.2, -0.15) is 4.98 Å². The molecule has 1 aromatic carbocycles. The van der Waals surface area contributed by atoms with E-state index in [1.165, 1.54) is 11.3 Å². The van der Waals surface area contributed by atoms with Crippen LogP contribution in [0.3, 0.4) is 0 Å². The van der Waals surface area contributed by atoms with Crippen LogP contribution in [0, 0.1) is 6.92 Å². The Hall–Kier alpha value is -3.16. The van der Waals surface area contributed by atoms with Crippen LogP contribution in [0.25, 0.3) is 10.9 Å². The molecule has 5 rings (SSSR count). The SMILES string of the molecule is COc1cc2nc(N3CCCC4(CCc5cnc(C)nc54)C3)nc(N)c2cc1OC. The molecule has 3 aromatic rings. The average Bonchev–Trinajstić information content (AvgIpc) is 3.09. The predicted molar refractivity (Wildman–Crippen MR) is 115 cm³/mol. The zero-order chi connectivity index (χ0) is 20.9. The smallest absolute Gasteiger partial charge is 0.227 e. The summed E-state index contributed by atoms with van der Waals surface area (Å²) in [5.74, 6) is 3.18. The van der Waals surface area contributed by atoms with Crippen molar-refractivity contribution in [2.75, 3.05) is 37.9 Å². The lowest BCUT2D eigenvalue weighted by Crippen LogP contribution is -2.46. The molecule has 1 spiro atoms. The van der Waals surface area contributed by atoms with Crippen molar-refractivity contribution in [3.8, 4) is 11.5 Å². The van der Waals surface area contributed by atoms with Gasteiger partial charge in [-0.3, -0.25) is 0 Å². The number of nitrogens with zero attached hydrogens (tertiary/aromatic N) is 5. The second-order valence-corrected chi connectivity index (χ2v) is 8.23. The summed E-state index contributed by atoms with van der Waals surface area (Å²) >= 11 is 0. The van der Waals surface area contributed by atoms with Gasteiger partial charge in [-0.25, -0.2) is 15.0 Å². The summed E-state index contributed by atoms with van der Waals surface area (Å²) in [6.07, 6.45) is 6.30. The number of fused-ring (bicyclic) bond motifs is 3. The lowest BCUT2D eigenvalue weighted by Gasteiger charge is -2.40. The van der Waals surface area contributed by atoms with Gasteiger partial charge < -0.3 is 20.1 Å². The van der Waals surface area contributed by atoms with Crippen molar-refractivity contribution in [1.29, 1.82) is 0 Å². The van der Waals surface area contributed by atoms with Gasteiger partial charge in [-0.05, 0) is 44.2 Å². The highest BCUT2D eigenvalue weighted by Crippen LogP contribution is 2.44. The zero-order valence-electron chi connectivity index (χ0n) is 17.6. The molecule has 1 saturated heterocycles. The lowest BCUT2D eigenvalue weighted by atomic mass is 9.77. The summed E-state index contributed by atoms with van der Waals surface area (Å²) < 4.78 is 10.8. The summed E-state index contributed by atoms with van der Waals surface area (Å²) in [6.45, 7) is 3.70. The Morgan fingerprint density at radius 2 is 1.87 bits per heavy atom. The summed E-state index contributed by atoms with van der Waals surface area (Å²) in [4.78, 5) is 21.0. The van der Waals surface area contributed by atoms with E-state index in [0.29, 0.717) is 23.3 Å². The van der Waals surface area contributed by atoms with E-state index in [1.807, 2.05) is 25.3 Å². The highest BCUT2D eigenvalue weighted by Gasteiger charge is 2.44. The molecule has 3 heterocycles. The van der Waals surface area contributed by atoms with E-state index in [-0.39, 0.29) is 5.41 Å². The molecule has 1 atom stereocenters. The second-order valence-electron chi connectivity index (χ2n) is 8.23.